The third-order valence-electron chi connectivity index (χ3n) is 11.3. The van der Waals surface area contributed by atoms with Gasteiger partial charge in [-0.2, -0.15) is 0 Å². The first kappa shape index (κ1) is 37.4. The third kappa shape index (κ3) is 6.82. The number of esters is 1. The Morgan fingerprint density at radius 1 is 0.833 bits per heavy atom. The molecule has 0 aromatic heterocycles. The normalized spacial score (nSPS) is 21.8. The van der Waals surface area contributed by atoms with E-state index in [1.165, 1.54) is 11.0 Å². The summed E-state index contributed by atoms with van der Waals surface area (Å²) in [6.45, 7) is 12.6. The van der Waals surface area contributed by atoms with E-state index in [1.54, 1.807) is 37.3 Å². The van der Waals surface area contributed by atoms with Gasteiger partial charge < -0.3 is 9.16 Å². The minimum absolute atomic E-state index is 0.158. The first-order valence-electron chi connectivity index (χ1n) is 18.8. The standard InChI is InChI=1S/C46H48FNO5Si/c1-30-25-31(21-24-41(30)47)39-26-32(48-43(50)37-19-13-14-20-38(37)44(48)51)29-46(5,6)40(39)23-22-33-27-34(28-42(49)52-33)53-54(45(2,3)4,35-15-9-7-10-16-35)36-17-11-8-12-18-36/h7-25,32-34H,26-29H2,1-6H3. The number of hydrogen-bond donors (Lipinski definition) is 0. The second-order valence-electron chi connectivity index (χ2n) is 16.6. The Morgan fingerprint density at radius 2 is 1.41 bits per heavy atom. The number of aryl methyl sites for hydroxylation is 1. The molecule has 54 heavy (non-hydrogen) atoms. The van der Waals surface area contributed by atoms with Gasteiger partial charge in [0.25, 0.3) is 20.1 Å². The van der Waals surface area contributed by atoms with E-state index in [0.29, 0.717) is 36.0 Å². The van der Waals surface area contributed by atoms with Crippen LogP contribution in [0.25, 0.3) is 5.57 Å². The van der Waals surface area contributed by atoms with Crippen LogP contribution in [0, 0.1) is 18.2 Å². The maximum absolute atomic E-state index is 14.6. The van der Waals surface area contributed by atoms with E-state index in [4.69, 9.17) is 9.16 Å². The summed E-state index contributed by atoms with van der Waals surface area (Å²) >= 11 is 0. The Balaban J connectivity index is 1.24. The number of benzene rings is 4. The highest BCUT2D eigenvalue weighted by Crippen LogP contribution is 2.48. The molecule has 0 radical (unpaired) electrons. The maximum Gasteiger partial charge on any atom is 0.308 e. The predicted molar refractivity (Wildman–Crippen MR) is 213 cm³/mol. The van der Waals surface area contributed by atoms with Gasteiger partial charge in [0.2, 0.25) is 0 Å². The highest BCUT2D eigenvalue weighted by atomic mass is 28.4. The van der Waals surface area contributed by atoms with Crippen molar-refractivity contribution < 1.29 is 27.9 Å². The van der Waals surface area contributed by atoms with Crippen LogP contribution in [0.15, 0.2) is 121 Å². The van der Waals surface area contributed by atoms with Crippen LogP contribution in [0.1, 0.15) is 92.1 Å². The summed E-state index contributed by atoms with van der Waals surface area (Å²) in [7, 11) is -2.93. The summed E-state index contributed by atoms with van der Waals surface area (Å²) < 4.78 is 27.9. The number of allylic oxidation sites excluding steroid dienone is 2. The summed E-state index contributed by atoms with van der Waals surface area (Å²) in [5, 5.41) is 2.05. The average molecular weight is 742 g/mol. The number of carbonyl (C=O) groups is 3. The fourth-order valence-electron chi connectivity index (χ4n) is 8.83. The molecule has 3 atom stereocenters. The van der Waals surface area contributed by atoms with E-state index in [-0.39, 0.29) is 41.2 Å². The first-order chi connectivity index (χ1) is 25.7. The van der Waals surface area contributed by atoms with Crippen molar-refractivity contribution in [1.82, 2.24) is 4.90 Å². The summed E-state index contributed by atoms with van der Waals surface area (Å²) in [5.41, 5.74) is 3.59. The molecule has 1 saturated heterocycles. The first-order valence-corrected chi connectivity index (χ1v) is 20.7. The molecule has 3 aliphatic rings. The molecule has 0 bridgehead atoms. The highest BCUT2D eigenvalue weighted by Gasteiger charge is 2.52. The summed E-state index contributed by atoms with van der Waals surface area (Å²) in [5.74, 6) is -1.18. The number of rotatable bonds is 8. The van der Waals surface area contributed by atoms with Gasteiger partial charge in [0, 0.05) is 12.5 Å². The number of imide groups is 1. The highest BCUT2D eigenvalue weighted by molar-refractivity contribution is 6.99. The zero-order valence-corrected chi connectivity index (χ0v) is 32.9. The van der Waals surface area contributed by atoms with Crippen molar-refractivity contribution in [2.24, 2.45) is 5.41 Å². The van der Waals surface area contributed by atoms with Crippen LogP contribution < -0.4 is 10.4 Å². The van der Waals surface area contributed by atoms with Gasteiger partial charge in [-0.1, -0.05) is 120 Å². The van der Waals surface area contributed by atoms with Crippen molar-refractivity contribution in [2.45, 2.75) is 90.5 Å². The zero-order valence-electron chi connectivity index (χ0n) is 31.9. The summed E-state index contributed by atoms with van der Waals surface area (Å²) in [6.07, 6.45) is 4.66. The number of hydrogen-bond acceptors (Lipinski definition) is 5. The van der Waals surface area contributed by atoms with Gasteiger partial charge in [-0.3, -0.25) is 19.3 Å². The quantitative estimate of drug-likeness (QED) is 0.103. The number of amides is 2. The minimum Gasteiger partial charge on any atom is -0.458 e. The number of carbonyl (C=O) groups excluding carboxylic acids is 3. The van der Waals surface area contributed by atoms with Gasteiger partial charge in [0.15, 0.2) is 0 Å². The molecule has 1 aliphatic carbocycles. The number of ether oxygens (including phenoxy) is 1. The largest absolute Gasteiger partial charge is 0.458 e. The van der Waals surface area contributed by atoms with Crippen LogP contribution >= 0.6 is 0 Å². The molecule has 3 unspecified atom stereocenters. The van der Waals surface area contributed by atoms with Gasteiger partial charge in [-0.15, -0.1) is 0 Å². The molecule has 2 heterocycles. The fraction of sp³-hybridized carbons (Fsp3) is 0.326. The Morgan fingerprint density at radius 3 is 1.96 bits per heavy atom. The lowest BCUT2D eigenvalue weighted by Gasteiger charge is -2.46. The summed E-state index contributed by atoms with van der Waals surface area (Å²) in [6, 6.07) is 32.4. The van der Waals surface area contributed by atoms with Gasteiger partial charge in [-0.05, 0) is 93.2 Å². The SMILES string of the molecule is Cc1cc(C2=C(C=CC3CC(O[Si](c4ccccc4)(c4ccccc4)C(C)(C)C)CC(=O)O3)C(C)(C)CC(N3C(=O)c4ccccc4C3=O)C2)ccc1F. The number of cyclic esters (lactones) is 1. The van der Waals surface area contributed by atoms with E-state index >= 15 is 0 Å². The van der Waals surface area contributed by atoms with E-state index in [9.17, 15) is 18.8 Å². The maximum atomic E-state index is 14.6. The second kappa shape index (κ2) is 14.4. The van der Waals surface area contributed by atoms with Crippen molar-refractivity contribution in [3.63, 3.8) is 0 Å². The van der Waals surface area contributed by atoms with Crippen molar-refractivity contribution in [2.75, 3.05) is 0 Å². The van der Waals surface area contributed by atoms with Crippen molar-refractivity contribution in [3.8, 4) is 0 Å². The van der Waals surface area contributed by atoms with Crippen molar-refractivity contribution in [3.05, 3.63) is 149 Å². The van der Waals surface area contributed by atoms with Crippen LogP contribution in [-0.4, -0.2) is 49.3 Å². The molecule has 0 saturated carbocycles. The summed E-state index contributed by atoms with van der Waals surface area (Å²) in [4.78, 5) is 42.0. The molecule has 0 N–H and O–H groups in total. The van der Waals surface area contributed by atoms with E-state index in [2.05, 4.69) is 83.1 Å². The predicted octanol–water partition coefficient (Wildman–Crippen LogP) is 8.58. The van der Waals surface area contributed by atoms with Gasteiger partial charge in [-0.25, -0.2) is 4.39 Å². The van der Waals surface area contributed by atoms with Crippen LogP contribution in [0.3, 0.4) is 0 Å². The Labute approximate surface area is 318 Å². The minimum atomic E-state index is -2.93. The lowest BCUT2D eigenvalue weighted by molar-refractivity contribution is -0.155. The lowest BCUT2D eigenvalue weighted by atomic mass is 9.68. The number of fused-ring (bicyclic) bond motifs is 1. The van der Waals surface area contributed by atoms with Gasteiger partial charge >= 0.3 is 5.97 Å². The number of nitrogens with zero attached hydrogens (tertiary/aromatic N) is 1. The Bertz CT molecular complexity index is 2080. The Kier molecular flexibility index (Phi) is 9.96. The van der Waals surface area contributed by atoms with Crippen LogP contribution in [-0.2, 0) is 14.0 Å². The molecular formula is C46H48FNO5Si. The van der Waals surface area contributed by atoms with Crippen LogP contribution in [0.5, 0.6) is 0 Å². The van der Waals surface area contributed by atoms with E-state index < -0.39 is 25.9 Å². The second-order valence-corrected chi connectivity index (χ2v) is 20.8. The molecule has 0 spiro atoms. The average Bonchev–Trinajstić information content (AvgIpc) is 3.39. The molecule has 4 aromatic rings. The van der Waals surface area contributed by atoms with Crippen molar-refractivity contribution >= 4 is 42.0 Å². The molecule has 1 fully saturated rings. The van der Waals surface area contributed by atoms with Gasteiger partial charge in [0.1, 0.15) is 11.9 Å². The molecular weight excluding hydrogens is 694 g/mol. The monoisotopic (exact) mass is 741 g/mol. The van der Waals surface area contributed by atoms with Crippen molar-refractivity contribution in [1.29, 1.82) is 0 Å². The Hall–Kier alpha value is -4.92. The molecule has 7 rings (SSSR count). The molecule has 6 nitrogen and oxygen atoms in total. The van der Waals surface area contributed by atoms with E-state index in [0.717, 1.165) is 27.1 Å². The van der Waals surface area contributed by atoms with Crippen LogP contribution in [0.2, 0.25) is 5.04 Å². The molecule has 278 valence electrons. The molecule has 4 aromatic carbocycles. The fourth-order valence-corrected chi connectivity index (χ4v) is 13.5. The topological polar surface area (TPSA) is 72.9 Å². The third-order valence-corrected chi connectivity index (χ3v) is 16.4. The molecule has 8 heteroatoms. The zero-order chi connectivity index (χ0) is 38.4. The van der Waals surface area contributed by atoms with Gasteiger partial charge in [0.05, 0.1) is 23.7 Å². The molecule has 2 amide bonds. The lowest BCUT2D eigenvalue weighted by Crippen LogP contribution is -2.68. The smallest absolute Gasteiger partial charge is 0.308 e. The molecule has 2 aliphatic heterocycles. The number of halogens is 1. The van der Waals surface area contributed by atoms with Crippen LogP contribution in [0.4, 0.5) is 4.39 Å². The van der Waals surface area contributed by atoms with E-state index in [1.807, 2.05) is 30.4 Å².